The van der Waals surface area contributed by atoms with Crippen LogP contribution in [0.2, 0.25) is 0 Å². The molecule has 0 aromatic heterocycles. The molecule has 1 aliphatic rings. The van der Waals surface area contributed by atoms with E-state index in [1.54, 1.807) is 0 Å². The van der Waals surface area contributed by atoms with Crippen LogP contribution in [0.5, 0.6) is 0 Å². The fourth-order valence-electron chi connectivity index (χ4n) is 1.87. The predicted octanol–water partition coefficient (Wildman–Crippen LogP) is 1.18. The zero-order chi connectivity index (χ0) is 11.3. The Morgan fingerprint density at radius 3 is 2.80 bits per heavy atom. The summed E-state index contributed by atoms with van der Waals surface area (Å²) in [7, 11) is 0. The first-order valence-corrected chi connectivity index (χ1v) is 5.92. The lowest BCUT2D eigenvalue weighted by molar-refractivity contribution is 0.193. The molecule has 0 spiro atoms. The van der Waals surface area contributed by atoms with Crippen LogP contribution in [0.3, 0.4) is 0 Å². The van der Waals surface area contributed by atoms with Crippen molar-refractivity contribution in [3.63, 3.8) is 0 Å². The minimum Gasteiger partial charge on any atom is -0.336 e. The van der Waals surface area contributed by atoms with Crippen molar-refractivity contribution < 1.29 is 4.79 Å². The standard InChI is InChI=1S/C11H23N3O/c1-4-14(11(15)13-9(2)3)8-10-6-5-7-12-10/h9-10,12H,4-8H2,1-3H3,(H,13,15). The van der Waals surface area contributed by atoms with Crippen LogP contribution in [0.25, 0.3) is 0 Å². The van der Waals surface area contributed by atoms with E-state index in [4.69, 9.17) is 0 Å². The average molecular weight is 213 g/mol. The molecule has 1 aliphatic heterocycles. The Morgan fingerprint density at radius 2 is 2.33 bits per heavy atom. The first kappa shape index (κ1) is 12.3. The van der Waals surface area contributed by atoms with Crippen LogP contribution in [-0.2, 0) is 0 Å². The second-order valence-corrected chi connectivity index (χ2v) is 4.44. The normalized spacial score (nSPS) is 20.7. The highest BCUT2D eigenvalue weighted by Gasteiger charge is 2.20. The van der Waals surface area contributed by atoms with E-state index in [9.17, 15) is 4.79 Å². The maximum Gasteiger partial charge on any atom is 0.317 e. The van der Waals surface area contributed by atoms with Crippen molar-refractivity contribution >= 4 is 6.03 Å². The molecule has 1 rings (SSSR count). The number of carbonyl (C=O) groups is 1. The molecule has 0 saturated carbocycles. The van der Waals surface area contributed by atoms with Gasteiger partial charge in [0.2, 0.25) is 0 Å². The summed E-state index contributed by atoms with van der Waals surface area (Å²) in [6.45, 7) is 8.69. The average Bonchev–Trinajstić information content (AvgIpc) is 2.65. The number of urea groups is 1. The largest absolute Gasteiger partial charge is 0.336 e. The monoisotopic (exact) mass is 213 g/mol. The molecule has 15 heavy (non-hydrogen) atoms. The number of rotatable bonds is 4. The summed E-state index contributed by atoms with van der Waals surface area (Å²) in [4.78, 5) is 13.6. The quantitative estimate of drug-likeness (QED) is 0.736. The van der Waals surface area contributed by atoms with Gasteiger partial charge in [-0.05, 0) is 40.2 Å². The third-order valence-corrected chi connectivity index (χ3v) is 2.68. The Balaban J connectivity index is 2.36. The molecule has 88 valence electrons. The Labute approximate surface area is 92.4 Å². The Hall–Kier alpha value is -0.770. The lowest BCUT2D eigenvalue weighted by Gasteiger charge is -2.25. The maximum atomic E-state index is 11.8. The maximum absolute atomic E-state index is 11.8. The van der Waals surface area contributed by atoms with E-state index < -0.39 is 0 Å². The fraction of sp³-hybridized carbons (Fsp3) is 0.909. The van der Waals surface area contributed by atoms with Gasteiger partial charge in [0.05, 0.1) is 0 Å². The van der Waals surface area contributed by atoms with Gasteiger partial charge in [-0.3, -0.25) is 0 Å². The lowest BCUT2D eigenvalue weighted by Crippen LogP contribution is -2.47. The molecule has 0 bridgehead atoms. The van der Waals surface area contributed by atoms with Crippen molar-refractivity contribution in [2.45, 2.75) is 45.7 Å². The molecule has 2 N–H and O–H groups in total. The molecule has 1 unspecified atom stereocenters. The summed E-state index contributed by atoms with van der Waals surface area (Å²) >= 11 is 0. The van der Waals surface area contributed by atoms with Gasteiger partial charge in [-0.2, -0.15) is 0 Å². The van der Waals surface area contributed by atoms with Crippen LogP contribution in [0.4, 0.5) is 4.79 Å². The zero-order valence-corrected chi connectivity index (χ0v) is 10.0. The van der Waals surface area contributed by atoms with E-state index in [1.165, 1.54) is 12.8 Å². The highest BCUT2D eigenvalue weighted by molar-refractivity contribution is 5.74. The van der Waals surface area contributed by atoms with E-state index >= 15 is 0 Å². The lowest BCUT2D eigenvalue weighted by atomic mass is 10.2. The minimum absolute atomic E-state index is 0.0567. The van der Waals surface area contributed by atoms with Gasteiger partial charge in [0.1, 0.15) is 0 Å². The van der Waals surface area contributed by atoms with Crippen molar-refractivity contribution in [2.75, 3.05) is 19.6 Å². The van der Waals surface area contributed by atoms with Crippen molar-refractivity contribution in [3.8, 4) is 0 Å². The van der Waals surface area contributed by atoms with E-state index in [2.05, 4.69) is 10.6 Å². The van der Waals surface area contributed by atoms with E-state index in [0.29, 0.717) is 6.04 Å². The molecule has 0 aromatic rings. The van der Waals surface area contributed by atoms with E-state index in [0.717, 1.165) is 19.6 Å². The number of hydrogen-bond donors (Lipinski definition) is 2. The van der Waals surface area contributed by atoms with Crippen molar-refractivity contribution in [2.24, 2.45) is 0 Å². The molecule has 0 aliphatic carbocycles. The van der Waals surface area contributed by atoms with Crippen molar-refractivity contribution in [3.05, 3.63) is 0 Å². The third-order valence-electron chi connectivity index (χ3n) is 2.68. The molecule has 2 amide bonds. The Morgan fingerprint density at radius 1 is 1.60 bits per heavy atom. The summed E-state index contributed by atoms with van der Waals surface area (Å²) in [6, 6.07) is 0.757. The van der Waals surface area contributed by atoms with E-state index in [1.807, 2.05) is 25.7 Å². The molecule has 1 saturated heterocycles. The molecule has 4 heteroatoms. The summed E-state index contributed by atoms with van der Waals surface area (Å²) < 4.78 is 0. The van der Waals surface area contributed by atoms with Crippen LogP contribution < -0.4 is 10.6 Å². The van der Waals surface area contributed by atoms with Crippen LogP contribution >= 0.6 is 0 Å². The third kappa shape index (κ3) is 4.08. The van der Waals surface area contributed by atoms with Gasteiger partial charge in [-0.1, -0.05) is 0 Å². The van der Waals surface area contributed by atoms with Gasteiger partial charge >= 0.3 is 6.03 Å². The van der Waals surface area contributed by atoms with E-state index in [-0.39, 0.29) is 12.1 Å². The Bertz CT molecular complexity index is 200. The molecule has 0 radical (unpaired) electrons. The second kappa shape index (κ2) is 5.95. The number of carbonyl (C=O) groups excluding carboxylic acids is 1. The molecule has 0 aromatic carbocycles. The molecule has 4 nitrogen and oxygen atoms in total. The van der Waals surface area contributed by atoms with Gasteiger partial charge in [0.15, 0.2) is 0 Å². The Kier molecular flexibility index (Phi) is 4.88. The summed E-state index contributed by atoms with van der Waals surface area (Å²) in [6.07, 6.45) is 2.42. The van der Waals surface area contributed by atoms with Gasteiger partial charge < -0.3 is 15.5 Å². The van der Waals surface area contributed by atoms with Crippen molar-refractivity contribution in [1.29, 1.82) is 0 Å². The zero-order valence-electron chi connectivity index (χ0n) is 10.0. The number of hydrogen-bond acceptors (Lipinski definition) is 2. The minimum atomic E-state index is 0.0567. The number of amides is 2. The number of nitrogens with one attached hydrogen (secondary N) is 2. The van der Waals surface area contributed by atoms with Gasteiger partial charge in [0.25, 0.3) is 0 Å². The summed E-state index contributed by atoms with van der Waals surface area (Å²) in [5.74, 6) is 0. The van der Waals surface area contributed by atoms with Crippen molar-refractivity contribution in [1.82, 2.24) is 15.5 Å². The van der Waals surface area contributed by atoms with Gasteiger partial charge in [-0.15, -0.1) is 0 Å². The smallest absolute Gasteiger partial charge is 0.317 e. The summed E-state index contributed by atoms with van der Waals surface area (Å²) in [5.41, 5.74) is 0. The van der Waals surface area contributed by atoms with Gasteiger partial charge in [0, 0.05) is 25.2 Å². The van der Waals surface area contributed by atoms with Crippen LogP contribution in [0.1, 0.15) is 33.6 Å². The topological polar surface area (TPSA) is 44.4 Å². The van der Waals surface area contributed by atoms with Crippen LogP contribution in [-0.4, -0.2) is 42.6 Å². The number of likely N-dealkylation sites (N-methyl/N-ethyl adjacent to an activating group) is 1. The highest BCUT2D eigenvalue weighted by Crippen LogP contribution is 2.07. The second-order valence-electron chi connectivity index (χ2n) is 4.44. The molecule has 1 atom stereocenters. The number of nitrogens with zero attached hydrogens (tertiary/aromatic N) is 1. The summed E-state index contributed by atoms with van der Waals surface area (Å²) in [5, 5.41) is 6.33. The first-order chi connectivity index (χ1) is 7.13. The molecule has 1 heterocycles. The van der Waals surface area contributed by atoms with Gasteiger partial charge in [-0.25, -0.2) is 4.79 Å². The highest BCUT2D eigenvalue weighted by atomic mass is 16.2. The predicted molar refractivity (Wildman–Crippen MR) is 61.9 cm³/mol. The SMILES string of the molecule is CCN(CC1CCCN1)C(=O)NC(C)C. The molecule has 1 fully saturated rings. The molecular weight excluding hydrogens is 190 g/mol. The molecular formula is C11H23N3O. The fourth-order valence-corrected chi connectivity index (χ4v) is 1.87. The first-order valence-electron chi connectivity index (χ1n) is 5.92. The van der Waals surface area contributed by atoms with Crippen LogP contribution in [0.15, 0.2) is 0 Å². The van der Waals surface area contributed by atoms with Crippen LogP contribution in [0, 0.1) is 0 Å².